The highest BCUT2D eigenvalue weighted by Gasteiger charge is 2.21. The fourth-order valence-corrected chi connectivity index (χ4v) is 2.53. The number of ether oxygens (including phenoxy) is 1. The largest absolute Gasteiger partial charge is 0.453 e. The summed E-state index contributed by atoms with van der Waals surface area (Å²) in [4.78, 5) is 40.8. The monoisotopic (exact) mass is 390 g/mol. The molecule has 2 aromatic carbocycles. The minimum absolute atomic E-state index is 0.117. The number of fused-ring (bicyclic) bond motifs is 1. The zero-order valence-corrected chi connectivity index (χ0v) is 16.6. The van der Waals surface area contributed by atoms with Gasteiger partial charge in [-0.1, -0.05) is 45.0 Å². The first-order valence-electron chi connectivity index (χ1n) is 9.22. The van der Waals surface area contributed by atoms with E-state index in [1.165, 1.54) is 0 Å². The van der Waals surface area contributed by atoms with Gasteiger partial charge in [-0.25, -0.2) is 9.78 Å². The van der Waals surface area contributed by atoms with Gasteiger partial charge in [0.1, 0.15) is 5.69 Å². The van der Waals surface area contributed by atoms with Crippen LogP contribution in [0.4, 0.5) is 5.69 Å². The highest BCUT2D eigenvalue weighted by molar-refractivity contribution is 6.00. The molecule has 0 bridgehead atoms. The SMILES string of the molecule is CC(C)(C)C(=O)Nc1ccc(C(=O)COC(=O)c2ccc3ccccc3n2)cc1. The molecule has 1 heterocycles. The van der Waals surface area contributed by atoms with Crippen LogP contribution in [0, 0.1) is 5.41 Å². The van der Waals surface area contributed by atoms with E-state index >= 15 is 0 Å². The summed E-state index contributed by atoms with van der Waals surface area (Å²) in [6.07, 6.45) is 0. The zero-order valence-electron chi connectivity index (χ0n) is 16.6. The molecule has 148 valence electrons. The maximum Gasteiger partial charge on any atom is 0.357 e. The molecular weight excluding hydrogens is 368 g/mol. The molecule has 0 aliphatic carbocycles. The fourth-order valence-electron chi connectivity index (χ4n) is 2.53. The van der Waals surface area contributed by atoms with Crippen LogP contribution in [0.25, 0.3) is 10.9 Å². The van der Waals surface area contributed by atoms with Crippen molar-refractivity contribution in [3.05, 3.63) is 71.9 Å². The number of pyridine rings is 1. The predicted octanol–water partition coefficient (Wildman–Crippen LogP) is 4.26. The number of carbonyl (C=O) groups is 3. The first-order chi connectivity index (χ1) is 13.7. The Hall–Kier alpha value is -3.54. The summed E-state index contributed by atoms with van der Waals surface area (Å²) in [5.41, 5.74) is 1.30. The number of Topliss-reactive ketones (excluding diaryl/α,β-unsaturated/α-hetero) is 1. The number of rotatable bonds is 5. The number of carbonyl (C=O) groups excluding carboxylic acids is 3. The van der Waals surface area contributed by atoms with Crippen molar-refractivity contribution in [2.24, 2.45) is 5.41 Å². The van der Waals surface area contributed by atoms with Gasteiger partial charge in [-0.2, -0.15) is 0 Å². The van der Waals surface area contributed by atoms with Crippen molar-refractivity contribution in [2.75, 3.05) is 11.9 Å². The molecule has 6 heteroatoms. The quantitative estimate of drug-likeness (QED) is 0.520. The van der Waals surface area contributed by atoms with E-state index in [1.54, 1.807) is 42.5 Å². The second kappa shape index (κ2) is 8.22. The summed E-state index contributed by atoms with van der Waals surface area (Å²) < 4.78 is 5.11. The second-order valence-electron chi connectivity index (χ2n) is 7.67. The summed E-state index contributed by atoms with van der Waals surface area (Å²) in [6, 6.07) is 17.2. The number of amides is 1. The molecule has 0 fully saturated rings. The molecule has 0 atom stereocenters. The number of nitrogens with zero attached hydrogens (tertiary/aromatic N) is 1. The Morgan fingerprint density at radius 3 is 2.31 bits per heavy atom. The van der Waals surface area contributed by atoms with Gasteiger partial charge in [0, 0.05) is 22.1 Å². The number of aromatic nitrogens is 1. The van der Waals surface area contributed by atoms with Gasteiger partial charge in [-0.05, 0) is 36.4 Å². The lowest BCUT2D eigenvalue weighted by Gasteiger charge is -2.17. The summed E-state index contributed by atoms with van der Waals surface area (Å²) in [5.74, 6) is -1.11. The second-order valence-corrected chi connectivity index (χ2v) is 7.67. The van der Waals surface area contributed by atoms with E-state index in [2.05, 4.69) is 10.3 Å². The van der Waals surface area contributed by atoms with Gasteiger partial charge in [0.05, 0.1) is 5.52 Å². The minimum Gasteiger partial charge on any atom is -0.453 e. The molecule has 0 unspecified atom stereocenters. The molecule has 0 saturated carbocycles. The lowest BCUT2D eigenvalue weighted by molar-refractivity contribution is -0.123. The Kier molecular flexibility index (Phi) is 5.73. The van der Waals surface area contributed by atoms with Gasteiger partial charge in [0.2, 0.25) is 5.91 Å². The molecule has 0 aliphatic heterocycles. The van der Waals surface area contributed by atoms with E-state index in [9.17, 15) is 14.4 Å². The molecular formula is C23H22N2O4. The zero-order chi connectivity index (χ0) is 21.0. The van der Waals surface area contributed by atoms with Crippen LogP contribution in [-0.2, 0) is 9.53 Å². The molecule has 29 heavy (non-hydrogen) atoms. The predicted molar refractivity (Wildman–Crippen MR) is 111 cm³/mol. The Morgan fingerprint density at radius 1 is 0.931 bits per heavy atom. The van der Waals surface area contributed by atoms with Crippen molar-refractivity contribution < 1.29 is 19.1 Å². The molecule has 6 nitrogen and oxygen atoms in total. The summed E-state index contributed by atoms with van der Waals surface area (Å²) >= 11 is 0. The molecule has 3 rings (SSSR count). The van der Waals surface area contributed by atoms with E-state index in [0.29, 0.717) is 16.8 Å². The van der Waals surface area contributed by atoms with Crippen LogP contribution in [0.15, 0.2) is 60.7 Å². The molecule has 3 aromatic rings. The van der Waals surface area contributed by atoms with E-state index in [1.807, 2.05) is 39.0 Å². The standard InChI is InChI=1S/C23H22N2O4/c1-23(2,3)22(28)24-17-11-8-16(9-12-17)20(26)14-29-21(27)19-13-10-15-6-4-5-7-18(15)25-19/h4-13H,14H2,1-3H3,(H,24,28). The van der Waals surface area contributed by atoms with Gasteiger partial charge < -0.3 is 10.1 Å². The molecule has 0 spiro atoms. The van der Waals surface area contributed by atoms with Crippen molar-refractivity contribution in [3.63, 3.8) is 0 Å². The lowest BCUT2D eigenvalue weighted by atomic mass is 9.95. The Balaban J connectivity index is 1.59. The summed E-state index contributed by atoms with van der Waals surface area (Å²) in [5, 5.41) is 3.71. The van der Waals surface area contributed by atoms with E-state index in [-0.39, 0.29) is 24.0 Å². The summed E-state index contributed by atoms with van der Waals surface area (Å²) in [6.45, 7) is 5.07. The number of anilines is 1. The average Bonchev–Trinajstić information content (AvgIpc) is 2.71. The number of para-hydroxylation sites is 1. The van der Waals surface area contributed by atoms with E-state index < -0.39 is 11.4 Å². The fraction of sp³-hybridized carbons (Fsp3) is 0.217. The summed E-state index contributed by atoms with van der Waals surface area (Å²) in [7, 11) is 0. The van der Waals surface area contributed by atoms with Crippen molar-refractivity contribution in [3.8, 4) is 0 Å². The first kappa shape index (κ1) is 20.2. The van der Waals surface area contributed by atoms with Crippen molar-refractivity contribution in [1.82, 2.24) is 4.98 Å². The van der Waals surface area contributed by atoms with Crippen LogP contribution >= 0.6 is 0 Å². The number of esters is 1. The Labute approximate surface area is 168 Å². The third-order valence-corrected chi connectivity index (χ3v) is 4.29. The van der Waals surface area contributed by atoms with Crippen LogP contribution < -0.4 is 5.32 Å². The Morgan fingerprint density at radius 2 is 1.62 bits per heavy atom. The van der Waals surface area contributed by atoms with Crippen molar-refractivity contribution in [1.29, 1.82) is 0 Å². The van der Waals surface area contributed by atoms with Crippen LogP contribution in [0.3, 0.4) is 0 Å². The third kappa shape index (κ3) is 5.04. The maximum absolute atomic E-state index is 12.3. The molecule has 1 amide bonds. The number of ketones is 1. The van der Waals surface area contributed by atoms with Crippen LogP contribution in [0.1, 0.15) is 41.6 Å². The third-order valence-electron chi connectivity index (χ3n) is 4.29. The number of hydrogen-bond donors (Lipinski definition) is 1. The highest BCUT2D eigenvalue weighted by Crippen LogP contribution is 2.18. The van der Waals surface area contributed by atoms with Crippen molar-refractivity contribution in [2.45, 2.75) is 20.8 Å². The molecule has 1 aromatic heterocycles. The molecule has 0 saturated heterocycles. The average molecular weight is 390 g/mol. The number of benzene rings is 2. The highest BCUT2D eigenvalue weighted by atomic mass is 16.5. The van der Waals surface area contributed by atoms with Crippen LogP contribution in [0.5, 0.6) is 0 Å². The number of hydrogen-bond acceptors (Lipinski definition) is 5. The minimum atomic E-state index is -0.654. The van der Waals surface area contributed by atoms with Gasteiger partial charge in [-0.15, -0.1) is 0 Å². The molecule has 0 aliphatic rings. The van der Waals surface area contributed by atoms with Crippen LogP contribution in [0.2, 0.25) is 0 Å². The van der Waals surface area contributed by atoms with E-state index in [4.69, 9.17) is 4.74 Å². The van der Waals surface area contributed by atoms with Gasteiger partial charge in [0.25, 0.3) is 0 Å². The van der Waals surface area contributed by atoms with Gasteiger partial charge in [0.15, 0.2) is 12.4 Å². The smallest absolute Gasteiger partial charge is 0.357 e. The van der Waals surface area contributed by atoms with Gasteiger partial charge in [-0.3, -0.25) is 9.59 Å². The van der Waals surface area contributed by atoms with Gasteiger partial charge >= 0.3 is 5.97 Å². The molecule has 1 N–H and O–H groups in total. The Bertz CT molecular complexity index is 1070. The first-order valence-corrected chi connectivity index (χ1v) is 9.22. The number of nitrogens with one attached hydrogen (secondary N) is 1. The van der Waals surface area contributed by atoms with Crippen molar-refractivity contribution >= 4 is 34.3 Å². The topological polar surface area (TPSA) is 85.4 Å². The normalized spacial score (nSPS) is 11.1. The van der Waals surface area contributed by atoms with Crippen LogP contribution in [-0.4, -0.2) is 29.3 Å². The van der Waals surface area contributed by atoms with E-state index in [0.717, 1.165) is 5.39 Å². The maximum atomic E-state index is 12.3. The molecule has 0 radical (unpaired) electrons. The lowest BCUT2D eigenvalue weighted by Crippen LogP contribution is -2.27.